The third-order valence-corrected chi connectivity index (χ3v) is 1.73. The molecule has 1 N–H and O–H groups in total. The number of hydrogen-bond acceptors (Lipinski definition) is 1. The quantitative estimate of drug-likeness (QED) is 0.640. The van der Waals surface area contributed by atoms with E-state index in [9.17, 15) is 0 Å². The molecule has 1 heteroatoms. The van der Waals surface area contributed by atoms with Crippen molar-refractivity contribution in [3.63, 3.8) is 0 Å². The Morgan fingerprint density at radius 1 is 1.33 bits per heavy atom. The molecule has 0 unspecified atom stereocenters. The molecule has 0 atom stereocenters. The van der Waals surface area contributed by atoms with E-state index in [1.165, 1.54) is 5.57 Å². The van der Waals surface area contributed by atoms with Crippen molar-refractivity contribution in [1.82, 2.24) is 0 Å². The Balaban J connectivity index is 4.04. The normalized spacial score (nSPS) is 12.1. The molecule has 0 aromatic carbocycles. The van der Waals surface area contributed by atoms with Crippen molar-refractivity contribution in [2.24, 2.45) is 5.41 Å². The minimum atomic E-state index is 0.112. The average Bonchev–Trinajstić information content (AvgIpc) is 1.85. The molecule has 0 aliphatic carbocycles. The van der Waals surface area contributed by atoms with E-state index >= 15 is 0 Å². The lowest BCUT2D eigenvalue weighted by Crippen LogP contribution is -2.09. The van der Waals surface area contributed by atoms with E-state index in [0.717, 1.165) is 6.42 Å². The molecule has 0 heterocycles. The van der Waals surface area contributed by atoms with Crippen LogP contribution in [0.1, 0.15) is 34.1 Å². The molecule has 1 nitrogen and oxygen atoms in total. The highest BCUT2D eigenvalue weighted by atomic mass is 16.3. The number of allylic oxidation sites excluding steroid dienone is 4. The molecule has 0 spiro atoms. The third-order valence-electron chi connectivity index (χ3n) is 1.73. The molecule has 70 valence electrons. The summed E-state index contributed by atoms with van der Waals surface area (Å²) in [5.41, 5.74) is 1.41. The Hall–Kier alpha value is -0.560. The summed E-state index contributed by atoms with van der Waals surface area (Å²) in [5, 5.41) is 8.76. The fourth-order valence-electron chi connectivity index (χ4n) is 0.873. The first-order chi connectivity index (χ1) is 5.48. The first kappa shape index (κ1) is 11.4. The van der Waals surface area contributed by atoms with Gasteiger partial charge >= 0.3 is 0 Å². The van der Waals surface area contributed by atoms with E-state index in [4.69, 9.17) is 5.11 Å². The minimum absolute atomic E-state index is 0.112. The Morgan fingerprint density at radius 2 is 1.92 bits per heavy atom. The van der Waals surface area contributed by atoms with Gasteiger partial charge < -0.3 is 5.11 Å². The minimum Gasteiger partial charge on any atom is -0.396 e. The number of aliphatic hydroxyl groups excluding tert-OH is 1. The standard InChI is InChI=1S/C11H20O/c1-10(2)6-5-7-11(3,4)8-9-12/h5-7,12H,8-9H2,1-4H3/b7-5+. The van der Waals surface area contributed by atoms with Crippen LogP contribution in [-0.4, -0.2) is 11.7 Å². The maximum Gasteiger partial charge on any atom is 0.0439 e. The molecule has 0 fully saturated rings. The van der Waals surface area contributed by atoms with Gasteiger partial charge in [-0.3, -0.25) is 0 Å². The van der Waals surface area contributed by atoms with Gasteiger partial charge in [0.15, 0.2) is 0 Å². The summed E-state index contributed by atoms with van der Waals surface area (Å²) < 4.78 is 0. The molecular formula is C11H20O. The van der Waals surface area contributed by atoms with Crippen molar-refractivity contribution in [1.29, 1.82) is 0 Å². The maximum atomic E-state index is 8.76. The van der Waals surface area contributed by atoms with Gasteiger partial charge in [-0.05, 0) is 25.7 Å². The van der Waals surface area contributed by atoms with Crippen molar-refractivity contribution in [3.05, 3.63) is 23.8 Å². The molecule has 0 aliphatic heterocycles. The first-order valence-electron chi connectivity index (χ1n) is 4.41. The van der Waals surface area contributed by atoms with Gasteiger partial charge in [-0.25, -0.2) is 0 Å². The maximum absolute atomic E-state index is 8.76. The summed E-state index contributed by atoms with van der Waals surface area (Å²) in [6.45, 7) is 8.65. The fourth-order valence-corrected chi connectivity index (χ4v) is 0.873. The van der Waals surface area contributed by atoms with Gasteiger partial charge in [0, 0.05) is 6.61 Å². The highest BCUT2D eigenvalue weighted by Gasteiger charge is 2.11. The predicted molar refractivity (Wildman–Crippen MR) is 54.1 cm³/mol. The average molecular weight is 168 g/mol. The van der Waals surface area contributed by atoms with Gasteiger partial charge in [0.05, 0.1) is 0 Å². The predicted octanol–water partition coefficient (Wildman–Crippen LogP) is 2.92. The van der Waals surface area contributed by atoms with Crippen molar-refractivity contribution >= 4 is 0 Å². The molecule has 0 aliphatic rings. The topological polar surface area (TPSA) is 20.2 Å². The van der Waals surface area contributed by atoms with Gasteiger partial charge in [-0.15, -0.1) is 0 Å². The zero-order chi connectivity index (χ0) is 9.61. The lowest BCUT2D eigenvalue weighted by atomic mass is 9.89. The first-order valence-corrected chi connectivity index (χ1v) is 4.41. The lowest BCUT2D eigenvalue weighted by Gasteiger charge is -2.17. The van der Waals surface area contributed by atoms with Crippen LogP contribution in [0.4, 0.5) is 0 Å². The largest absolute Gasteiger partial charge is 0.396 e. The number of aliphatic hydroxyl groups is 1. The second kappa shape index (κ2) is 5.15. The van der Waals surface area contributed by atoms with Crippen LogP contribution >= 0.6 is 0 Å². The Kier molecular flexibility index (Phi) is 4.91. The van der Waals surface area contributed by atoms with Crippen LogP contribution in [0.25, 0.3) is 0 Å². The molecule has 0 bridgehead atoms. The summed E-state index contributed by atoms with van der Waals surface area (Å²) in [6, 6.07) is 0. The van der Waals surface area contributed by atoms with Crippen LogP contribution in [0.15, 0.2) is 23.8 Å². The number of rotatable bonds is 4. The second-order valence-corrected chi connectivity index (χ2v) is 4.07. The summed E-state index contributed by atoms with van der Waals surface area (Å²) in [6.07, 6.45) is 7.10. The van der Waals surface area contributed by atoms with Gasteiger partial charge in [0.25, 0.3) is 0 Å². The monoisotopic (exact) mass is 168 g/mol. The molecular weight excluding hydrogens is 148 g/mol. The van der Waals surface area contributed by atoms with Gasteiger partial charge in [0.1, 0.15) is 0 Å². The van der Waals surface area contributed by atoms with Gasteiger partial charge in [0.2, 0.25) is 0 Å². The van der Waals surface area contributed by atoms with Gasteiger partial charge in [-0.2, -0.15) is 0 Å². The van der Waals surface area contributed by atoms with Gasteiger partial charge in [-0.1, -0.05) is 37.6 Å². The van der Waals surface area contributed by atoms with Crippen LogP contribution in [0.2, 0.25) is 0 Å². The summed E-state index contributed by atoms with van der Waals surface area (Å²) in [4.78, 5) is 0. The van der Waals surface area contributed by atoms with Crippen LogP contribution < -0.4 is 0 Å². The van der Waals surface area contributed by atoms with Crippen LogP contribution in [0, 0.1) is 5.41 Å². The molecule has 0 amide bonds. The van der Waals surface area contributed by atoms with E-state index in [0.29, 0.717) is 0 Å². The molecule has 12 heavy (non-hydrogen) atoms. The highest BCUT2D eigenvalue weighted by Crippen LogP contribution is 2.21. The molecule has 0 rings (SSSR count). The van der Waals surface area contributed by atoms with Crippen molar-refractivity contribution in [2.45, 2.75) is 34.1 Å². The second-order valence-electron chi connectivity index (χ2n) is 4.07. The molecule has 0 aromatic rings. The lowest BCUT2D eigenvalue weighted by molar-refractivity contribution is 0.241. The molecule has 0 aromatic heterocycles. The molecule has 0 saturated heterocycles. The summed E-state index contributed by atoms with van der Waals surface area (Å²) in [5.74, 6) is 0. The van der Waals surface area contributed by atoms with E-state index < -0.39 is 0 Å². The Labute approximate surface area is 75.8 Å². The van der Waals surface area contributed by atoms with Crippen LogP contribution in [0.5, 0.6) is 0 Å². The molecule has 0 radical (unpaired) electrons. The van der Waals surface area contributed by atoms with E-state index in [-0.39, 0.29) is 12.0 Å². The zero-order valence-corrected chi connectivity index (χ0v) is 8.59. The Morgan fingerprint density at radius 3 is 2.33 bits per heavy atom. The highest BCUT2D eigenvalue weighted by molar-refractivity contribution is 5.11. The van der Waals surface area contributed by atoms with E-state index in [1.54, 1.807) is 0 Å². The van der Waals surface area contributed by atoms with E-state index in [2.05, 4.69) is 45.9 Å². The summed E-state index contributed by atoms with van der Waals surface area (Å²) >= 11 is 0. The van der Waals surface area contributed by atoms with Crippen molar-refractivity contribution < 1.29 is 5.11 Å². The third kappa shape index (κ3) is 6.17. The van der Waals surface area contributed by atoms with Crippen LogP contribution in [-0.2, 0) is 0 Å². The van der Waals surface area contributed by atoms with E-state index in [1.807, 2.05) is 0 Å². The number of hydrogen-bond donors (Lipinski definition) is 1. The Bertz CT molecular complexity index is 171. The van der Waals surface area contributed by atoms with Crippen molar-refractivity contribution in [2.75, 3.05) is 6.61 Å². The molecule has 0 saturated carbocycles. The summed E-state index contributed by atoms with van der Waals surface area (Å²) in [7, 11) is 0. The zero-order valence-electron chi connectivity index (χ0n) is 8.59. The van der Waals surface area contributed by atoms with Crippen LogP contribution in [0.3, 0.4) is 0 Å². The fraction of sp³-hybridized carbons (Fsp3) is 0.636. The SMILES string of the molecule is CC(C)=C/C=C/C(C)(C)CCO. The van der Waals surface area contributed by atoms with Crippen molar-refractivity contribution in [3.8, 4) is 0 Å². The smallest absolute Gasteiger partial charge is 0.0439 e.